The third kappa shape index (κ3) is 1.04. The smallest absolute Gasteiger partial charge is 0.0218 e. The van der Waals surface area contributed by atoms with Gasteiger partial charge in [0.2, 0.25) is 0 Å². The number of hydrogen-bond acceptors (Lipinski definition) is 0. The molecule has 0 aromatic rings. The van der Waals surface area contributed by atoms with Crippen LogP contribution in [0.25, 0.3) is 0 Å². The second-order valence-electron chi connectivity index (χ2n) is 6.56. The van der Waals surface area contributed by atoms with E-state index in [0.29, 0.717) is 10.8 Å². The van der Waals surface area contributed by atoms with Crippen LogP contribution < -0.4 is 0 Å². The first-order valence-corrected chi connectivity index (χ1v) is 5.88. The number of fused-ring (bicyclic) bond motifs is 2. The topological polar surface area (TPSA) is 0 Å². The molecule has 0 aromatic heterocycles. The zero-order valence-electron chi connectivity index (χ0n) is 9.85. The van der Waals surface area contributed by atoms with Crippen molar-refractivity contribution in [3.8, 4) is 0 Å². The third-order valence-electron chi connectivity index (χ3n) is 5.49. The molecule has 0 nitrogen and oxygen atoms in total. The Bertz CT molecular complexity index is 211. The van der Waals surface area contributed by atoms with Crippen LogP contribution in [-0.2, 0) is 0 Å². The summed E-state index contributed by atoms with van der Waals surface area (Å²) < 4.78 is 0. The van der Waals surface area contributed by atoms with Crippen LogP contribution in [0.4, 0.5) is 0 Å². The van der Waals surface area contributed by atoms with Gasteiger partial charge in [0.1, 0.15) is 0 Å². The Balaban J connectivity index is 2.34. The summed E-state index contributed by atoms with van der Waals surface area (Å²) in [5.41, 5.74) is 1.20. The van der Waals surface area contributed by atoms with Gasteiger partial charge in [-0.3, -0.25) is 0 Å². The standard InChI is InChI=1S/C13H24/c1-9-10(2)13(12(3,4)5)7-6-11(9)8-13/h9-11H,6-8H2,1-5H3. The van der Waals surface area contributed by atoms with Gasteiger partial charge in [0.15, 0.2) is 0 Å². The highest BCUT2D eigenvalue weighted by Gasteiger charge is 2.58. The predicted molar refractivity (Wildman–Crippen MR) is 57.6 cm³/mol. The monoisotopic (exact) mass is 180 g/mol. The highest BCUT2D eigenvalue weighted by molar-refractivity contribution is 5.07. The molecule has 2 aliphatic carbocycles. The van der Waals surface area contributed by atoms with Crippen molar-refractivity contribution in [1.29, 1.82) is 0 Å². The first-order valence-electron chi connectivity index (χ1n) is 5.88. The largest absolute Gasteiger partial charge is 0.0620 e. The van der Waals surface area contributed by atoms with Gasteiger partial charge in [-0.1, -0.05) is 34.6 Å². The van der Waals surface area contributed by atoms with E-state index in [0.717, 1.165) is 17.8 Å². The molecule has 0 spiro atoms. The van der Waals surface area contributed by atoms with Gasteiger partial charge in [-0.15, -0.1) is 0 Å². The summed E-state index contributed by atoms with van der Waals surface area (Å²) in [6.07, 6.45) is 4.51. The minimum absolute atomic E-state index is 0.520. The van der Waals surface area contributed by atoms with Crippen molar-refractivity contribution in [3.63, 3.8) is 0 Å². The second-order valence-corrected chi connectivity index (χ2v) is 6.56. The molecule has 13 heavy (non-hydrogen) atoms. The van der Waals surface area contributed by atoms with Gasteiger partial charge in [0, 0.05) is 0 Å². The molecule has 0 N–H and O–H groups in total. The Hall–Kier alpha value is 0. The van der Waals surface area contributed by atoms with E-state index >= 15 is 0 Å². The molecule has 76 valence electrons. The van der Waals surface area contributed by atoms with Gasteiger partial charge in [-0.05, 0) is 47.8 Å². The molecule has 0 aliphatic heterocycles. The van der Waals surface area contributed by atoms with Crippen molar-refractivity contribution < 1.29 is 0 Å². The van der Waals surface area contributed by atoms with Crippen LogP contribution in [0.15, 0.2) is 0 Å². The van der Waals surface area contributed by atoms with Gasteiger partial charge in [-0.25, -0.2) is 0 Å². The van der Waals surface area contributed by atoms with Gasteiger partial charge in [-0.2, -0.15) is 0 Å². The minimum atomic E-state index is 0.520. The molecule has 0 aromatic carbocycles. The van der Waals surface area contributed by atoms with E-state index in [1.54, 1.807) is 0 Å². The van der Waals surface area contributed by atoms with Crippen LogP contribution in [0.2, 0.25) is 0 Å². The minimum Gasteiger partial charge on any atom is -0.0620 e. The molecule has 2 aliphatic rings. The molecular formula is C13H24. The molecular weight excluding hydrogens is 156 g/mol. The molecule has 0 amide bonds. The van der Waals surface area contributed by atoms with Gasteiger partial charge in [0.25, 0.3) is 0 Å². The van der Waals surface area contributed by atoms with Crippen molar-refractivity contribution >= 4 is 0 Å². The van der Waals surface area contributed by atoms with E-state index in [2.05, 4.69) is 34.6 Å². The highest BCUT2D eigenvalue weighted by Crippen LogP contribution is 2.67. The van der Waals surface area contributed by atoms with Gasteiger partial charge in [0.05, 0.1) is 0 Å². The van der Waals surface area contributed by atoms with E-state index in [9.17, 15) is 0 Å². The van der Waals surface area contributed by atoms with Crippen LogP contribution in [0, 0.1) is 28.6 Å². The van der Waals surface area contributed by atoms with Crippen molar-refractivity contribution in [1.82, 2.24) is 0 Å². The summed E-state index contributed by atoms with van der Waals surface area (Å²) in [7, 11) is 0. The Kier molecular flexibility index (Phi) is 1.85. The van der Waals surface area contributed by atoms with E-state index in [4.69, 9.17) is 0 Å². The third-order valence-corrected chi connectivity index (χ3v) is 5.49. The van der Waals surface area contributed by atoms with E-state index in [-0.39, 0.29) is 0 Å². The maximum Gasteiger partial charge on any atom is -0.0218 e. The van der Waals surface area contributed by atoms with E-state index in [1.807, 2.05) is 0 Å². The van der Waals surface area contributed by atoms with Crippen molar-refractivity contribution in [2.75, 3.05) is 0 Å². The summed E-state index contributed by atoms with van der Waals surface area (Å²) in [6.45, 7) is 12.3. The van der Waals surface area contributed by atoms with Crippen molar-refractivity contribution in [3.05, 3.63) is 0 Å². The Labute approximate surface area is 83.1 Å². The fourth-order valence-corrected chi connectivity index (χ4v) is 4.25. The molecule has 0 heterocycles. The Morgan fingerprint density at radius 3 is 2.08 bits per heavy atom. The van der Waals surface area contributed by atoms with Crippen LogP contribution in [-0.4, -0.2) is 0 Å². The average Bonchev–Trinajstić information content (AvgIpc) is 2.52. The lowest BCUT2D eigenvalue weighted by Gasteiger charge is -2.46. The molecule has 2 saturated carbocycles. The van der Waals surface area contributed by atoms with Gasteiger partial charge < -0.3 is 0 Å². The van der Waals surface area contributed by atoms with Crippen LogP contribution in [0.1, 0.15) is 53.9 Å². The highest BCUT2D eigenvalue weighted by atomic mass is 14.6. The van der Waals surface area contributed by atoms with Crippen molar-refractivity contribution in [2.24, 2.45) is 28.6 Å². The maximum absolute atomic E-state index is 2.50. The van der Waals surface area contributed by atoms with Gasteiger partial charge >= 0.3 is 0 Å². The molecule has 0 saturated heterocycles. The predicted octanol–water partition coefficient (Wildman–Crippen LogP) is 4.10. The van der Waals surface area contributed by atoms with E-state index < -0.39 is 0 Å². The lowest BCUT2D eigenvalue weighted by molar-refractivity contribution is 0.0281. The maximum atomic E-state index is 2.50. The summed E-state index contributed by atoms with van der Waals surface area (Å²) in [5, 5.41) is 0. The average molecular weight is 180 g/mol. The second kappa shape index (κ2) is 2.52. The molecule has 2 bridgehead atoms. The van der Waals surface area contributed by atoms with Crippen LogP contribution in [0.5, 0.6) is 0 Å². The zero-order chi connectivity index (χ0) is 9.85. The number of hydrogen-bond donors (Lipinski definition) is 0. The number of rotatable bonds is 0. The van der Waals surface area contributed by atoms with Crippen molar-refractivity contribution in [2.45, 2.75) is 53.9 Å². The summed E-state index contributed by atoms with van der Waals surface area (Å²) >= 11 is 0. The summed E-state index contributed by atoms with van der Waals surface area (Å²) in [4.78, 5) is 0. The lowest BCUT2D eigenvalue weighted by atomic mass is 9.59. The molecule has 4 unspecified atom stereocenters. The molecule has 0 radical (unpaired) electrons. The van der Waals surface area contributed by atoms with E-state index in [1.165, 1.54) is 19.3 Å². The van der Waals surface area contributed by atoms with Crippen LogP contribution >= 0.6 is 0 Å². The SMILES string of the molecule is CC1C2CCC(C(C)(C)C)(C2)C1C. The molecule has 4 atom stereocenters. The summed E-state index contributed by atoms with van der Waals surface area (Å²) in [6, 6.07) is 0. The quantitative estimate of drug-likeness (QED) is 0.526. The molecule has 2 fully saturated rings. The Morgan fingerprint density at radius 1 is 1.15 bits per heavy atom. The molecule has 0 heteroatoms. The molecule has 2 rings (SSSR count). The van der Waals surface area contributed by atoms with Crippen LogP contribution in [0.3, 0.4) is 0 Å². The fourth-order valence-electron chi connectivity index (χ4n) is 4.25. The first-order chi connectivity index (χ1) is 5.88. The first kappa shape index (κ1) is 9.55. The fraction of sp³-hybridized carbons (Fsp3) is 1.00. The Morgan fingerprint density at radius 2 is 1.77 bits per heavy atom. The normalized spacial score (nSPS) is 50.1. The lowest BCUT2D eigenvalue weighted by Crippen LogP contribution is -2.39. The zero-order valence-corrected chi connectivity index (χ0v) is 9.85. The summed E-state index contributed by atoms with van der Waals surface area (Å²) in [5.74, 6) is 2.98.